The highest BCUT2D eigenvalue weighted by atomic mass is 35.5. The number of Topliss-reactive ketones (excluding diaryl/α,β-unsaturated/α-hetero) is 1. The van der Waals surface area contributed by atoms with Crippen LogP contribution in [0.1, 0.15) is 35.8 Å². The predicted molar refractivity (Wildman–Crippen MR) is 95.1 cm³/mol. The number of thioether (sulfide) groups is 1. The number of benzene rings is 2. The van der Waals surface area contributed by atoms with Crippen molar-refractivity contribution in [2.45, 2.75) is 24.8 Å². The molecule has 24 heavy (non-hydrogen) atoms. The molecule has 0 radical (unpaired) electrons. The second-order valence-corrected chi connectivity index (χ2v) is 6.73. The average Bonchev–Trinajstić information content (AvgIpc) is 2.53. The lowest BCUT2D eigenvalue weighted by atomic mass is 10.1. The number of amides is 1. The fraction of sp³-hybridized carbons (Fsp3) is 0.222. The molecule has 1 atom stereocenters. The smallest absolute Gasteiger partial charge is 0.230 e. The maximum absolute atomic E-state index is 13.9. The summed E-state index contributed by atoms with van der Waals surface area (Å²) in [5.74, 6) is -0.843. The molecule has 2 aromatic rings. The zero-order valence-corrected chi connectivity index (χ0v) is 14.9. The molecule has 1 N–H and O–H groups in total. The van der Waals surface area contributed by atoms with Crippen LogP contribution < -0.4 is 5.32 Å². The summed E-state index contributed by atoms with van der Waals surface area (Å²) in [7, 11) is 0. The number of ketones is 1. The van der Waals surface area contributed by atoms with Gasteiger partial charge in [-0.1, -0.05) is 35.9 Å². The first-order chi connectivity index (χ1) is 11.4. The first-order valence-electron chi connectivity index (χ1n) is 7.35. The Hall–Kier alpha value is -1.85. The molecule has 0 aliphatic heterocycles. The largest absolute Gasteiger partial charge is 0.349 e. The summed E-state index contributed by atoms with van der Waals surface area (Å²) in [4.78, 5) is 23.6. The first-order valence-corrected chi connectivity index (χ1v) is 8.72. The van der Waals surface area contributed by atoms with Crippen molar-refractivity contribution >= 4 is 35.1 Å². The Morgan fingerprint density at radius 1 is 1.25 bits per heavy atom. The van der Waals surface area contributed by atoms with E-state index in [1.54, 1.807) is 12.1 Å². The third kappa shape index (κ3) is 4.82. The Kier molecular flexibility index (Phi) is 6.40. The summed E-state index contributed by atoms with van der Waals surface area (Å²) >= 11 is 7.19. The SMILES string of the molecule is CC(=O)c1ccc(SCC(=O)NC(C)c2ccccc2Cl)c(F)c1. The first kappa shape index (κ1) is 18.5. The molecule has 1 amide bonds. The molecule has 6 heteroatoms. The van der Waals surface area contributed by atoms with E-state index in [9.17, 15) is 14.0 Å². The molecule has 1 unspecified atom stereocenters. The molecule has 2 rings (SSSR count). The standard InChI is InChI=1S/C18H17ClFNO2S/c1-11(14-5-3-4-6-15(14)19)21-18(23)10-24-17-8-7-13(12(2)22)9-16(17)20/h3-9,11H,10H2,1-2H3,(H,21,23). The number of carbonyl (C=O) groups is 2. The maximum Gasteiger partial charge on any atom is 0.230 e. The molecule has 0 saturated heterocycles. The van der Waals surface area contributed by atoms with Gasteiger partial charge in [-0.15, -0.1) is 11.8 Å². The lowest BCUT2D eigenvalue weighted by molar-refractivity contribution is -0.119. The minimum Gasteiger partial charge on any atom is -0.349 e. The fourth-order valence-electron chi connectivity index (χ4n) is 2.17. The number of carbonyl (C=O) groups excluding carboxylic acids is 2. The second kappa shape index (κ2) is 8.31. The average molecular weight is 366 g/mol. The second-order valence-electron chi connectivity index (χ2n) is 5.30. The van der Waals surface area contributed by atoms with E-state index in [0.717, 1.165) is 17.3 Å². The van der Waals surface area contributed by atoms with Crippen molar-refractivity contribution in [3.63, 3.8) is 0 Å². The fourth-order valence-corrected chi connectivity index (χ4v) is 3.20. The molecule has 0 bridgehead atoms. The van der Waals surface area contributed by atoms with Gasteiger partial charge in [0.15, 0.2) is 5.78 Å². The van der Waals surface area contributed by atoms with E-state index in [4.69, 9.17) is 11.6 Å². The van der Waals surface area contributed by atoms with Crippen LogP contribution in [0.15, 0.2) is 47.4 Å². The molecule has 0 aliphatic carbocycles. The van der Waals surface area contributed by atoms with Crippen LogP contribution in [0.25, 0.3) is 0 Å². The van der Waals surface area contributed by atoms with E-state index in [2.05, 4.69) is 5.32 Å². The van der Waals surface area contributed by atoms with E-state index in [1.165, 1.54) is 19.1 Å². The van der Waals surface area contributed by atoms with Gasteiger partial charge in [0.25, 0.3) is 0 Å². The molecule has 0 spiro atoms. The summed E-state index contributed by atoms with van der Waals surface area (Å²) in [5.41, 5.74) is 1.14. The molecule has 2 aromatic carbocycles. The minimum atomic E-state index is -0.500. The van der Waals surface area contributed by atoms with E-state index in [1.807, 2.05) is 25.1 Å². The van der Waals surface area contributed by atoms with Crippen LogP contribution in [-0.2, 0) is 4.79 Å². The summed E-state index contributed by atoms with van der Waals surface area (Å²) < 4.78 is 13.9. The van der Waals surface area contributed by atoms with Crippen molar-refractivity contribution in [3.05, 3.63) is 64.4 Å². The van der Waals surface area contributed by atoms with Gasteiger partial charge in [0.05, 0.1) is 11.8 Å². The molecule has 0 aliphatic rings. The van der Waals surface area contributed by atoms with E-state index in [0.29, 0.717) is 15.5 Å². The van der Waals surface area contributed by atoms with Crippen molar-refractivity contribution < 1.29 is 14.0 Å². The van der Waals surface area contributed by atoms with Crippen LogP contribution in [0.2, 0.25) is 5.02 Å². The molecule has 0 heterocycles. The zero-order chi connectivity index (χ0) is 17.7. The molecular formula is C18H17ClFNO2S. The summed E-state index contributed by atoms with van der Waals surface area (Å²) in [5, 5.41) is 3.42. The molecule has 0 aromatic heterocycles. The van der Waals surface area contributed by atoms with Crippen LogP contribution in [0.4, 0.5) is 4.39 Å². The normalized spacial score (nSPS) is 11.8. The molecule has 0 fully saturated rings. The minimum absolute atomic E-state index is 0.0745. The monoisotopic (exact) mass is 365 g/mol. The number of halogens is 2. The Labute approximate surface area is 149 Å². The zero-order valence-electron chi connectivity index (χ0n) is 13.3. The summed E-state index contributed by atoms with van der Waals surface area (Å²) in [6.07, 6.45) is 0. The van der Waals surface area contributed by atoms with Crippen LogP contribution in [0.5, 0.6) is 0 Å². The Morgan fingerprint density at radius 3 is 2.58 bits per heavy atom. The summed E-state index contributed by atoms with van der Waals surface area (Å²) in [6.45, 7) is 3.22. The maximum atomic E-state index is 13.9. The van der Waals surface area contributed by atoms with E-state index < -0.39 is 5.82 Å². The van der Waals surface area contributed by atoms with E-state index in [-0.39, 0.29) is 23.5 Å². The molecule has 126 valence electrons. The summed E-state index contributed by atoms with van der Waals surface area (Å²) in [6, 6.07) is 11.3. The van der Waals surface area contributed by atoms with Crippen LogP contribution in [-0.4, -0.2) is 17.4 Å². The molecule has 0 saturated carbocycles. The van der Waals surface area contributed by atoms with Crippen molar-refractivity contribution in [2.75, 3.05) is 5.75 Å². The van der Waals surface area contributed by atoms with Gasteiger partial charge in [0, 0.05) is 15.5 Å². The van der Waals surface area contributed by atoms with Gasteiger partial charge < -0.3 is 5.32 Å². The number of rotatable bonds is 6. The van der Waals surface area contributed by atoms with Crippen molar-refractivity contribution in [2.24, 2.45) is 0 Å². The third-order valence-corrected chi connectivity index (χ3v) is 4.84. The van der Waals surface area contributed by atoms with Crippen LogP contribution in [0, 0.1) is 5.82 Å². The Balaban J connectivity index is 1.94. The van der Waals surface area contributed by atoms with Crippen molar-refractivity contribution in [1.82, 2.24) is 5.32 Å². The predicted octanol–water partition coefficient (Wildman–Crippen LogP) is 4.65. The van der Waals surface area contributed by atoms with Gasteiger partial charge in [-0.05, 0) is 37.6 Å². The number of nitrogens with one attached hydrogen (secondary N) is 1. The number of hydrogen-bond donors (Lipinski definition) is 1. The highest BCUT2D eigenvalue weighted by Crippen LogP contribution is 2.24. The highest BCUT2D eigenvalue weighted by molar-refractivity contribution is 8.00. The lowest BCUT2D eigenvalue weighted by Crippen LogP contribution is -2.28. The van der Waals surface area contributed by atoms with Crippen molar-refractivity contribution in [3.8, 4) is 0 Å². The molecular weight excluding hydrogens is 349 g/mol. The van der Waals surface area contributed by atoms with Gasteiger partial charge in [-0.25, -0.2) is 4.39 Å². The van der Waals surface area contributed by atoms with E-state index >= 15 is 0 Å². The molecule has 3 nitrogen and oxygen atoms in total. The van der Waals surface area contributed by atoms with Gasteiger partial charge in [0.2, 0.25) is 5.91 Å². The third-order valence-electron chi connectivity index (χ3n) is 3.45. The van der Waals surface area contributed by atoms with Gasteiger partial charge in [-0.2, -0.15) is 0 Å². The number of hydrogen-bond acceptors (Lipinski definition) is 3. The van der Waals surface area contributed by atoms with Crippen molar-refractivity contribution in [1.29, 1.82) is 0 Å². The van der Waals surface area contributed by atoms with Gasteiger partial charge in [-0.3, -0.25) is 9.59 Å². The Bertz CT molecular complexity index is 766. The quantitative estimate of drug-likeness (QED) is 0.598. The van der Waals surface area contributed by atoms with Gasteiger partial charge in [0.1, 0.15) is 5.82 Å². The van der Waals surface area contributed by atoms with Crippen LogP contribution >= 0.6 is 23.4 Å². The lowest BCUT2D eigenvalue weighted by Gasteiger charge is -2.15. The van der Waals surface area contributed by atoms with Gasteiger partial charge >= 0.3 is 0 Å². The Morgan fingerprint density at radius 2 is 1.96 bits per heavy atom. The topological polar surface area (TPSA) is 46.2 Å². The van der Waals surface area contributed by atoms with Crippen LogP contribution in [0.3, 0.4) is 0 Å². The highest BCUT2D eigenvalue weighted by Gasteiger charge is 2.14.